The van der Waals surface area contributed by atoms with Gasteiger partial charge in [0.2, 0.25) is 5.91 Å². The number of benzene rings is 1. The Morgan fingerprint density at radius 3 is 2.55 bits per heavy atom. The molecule has 2 aromatic rings. The quantitative estimate of drug-likeness (QED) is 0.804. The molecule has 3 aliphatic rings. The summed E-state index contributed by atoms with van der Waals surface area (Å²) in [5, 5.41) is 5.18. The number of hydrogen-bond acceptors (Lipinski definition) is 6. The predicted octanol–water partition coefficient (Wildman–Crippen LogP) is 3.29. The van der Waals surface area contributed by atoms with Crippen molar-refractivity contribution in [2.45, 2.75) is 32.3 Å². The van der Waals surface area contributed by atoms with Gasteiger partial charge in [0.15, 0.2) is 0 Å². The number of imide groups is 1. The fourth-order valence-electron chi connectivity index (χ4n) is 4.23. The van der Waals surface area contributed by atoms with Gasteiger partial charge in [0, 0.05) is 31.1 Å². The van der Waals surface area contributed by atoms with Crippen LogP contribution in [0.3, 0.4) is 0 Å². The Labute approximate surface area is 169 Å². The maximum Gasteiger partial charge on any atom is 0.325 e. The number of methoxy groups -OCH3 is 1. The topological polar surface area (TPSA) is 102 Å². The van der Waals surface area contributed by atoms with Crippen molar-refractivity contribution in [3.63, 3.8) is 0 Å². The summed E-state index contributed by atoms with van der Waals surface area (Å²) >= 11 is 0. The summed E-state index contributed by atoms with van der Waals surface area (Å²) in [6, 6.07) is 6.61. The lowest BCUT2D eigenvalue weighted by Crippen LogP contribution is -2.52. The lowest BCUT2D eigenvalue weighted by atomic mass is 9.58. The second-order valence-electron chi connectivity index (χ2n) is 7.66. The van der Waals surface area contributed by atoms with E-state index in [1.165, 1.54) is 0 Å². The Hall–Kier alpha value is -3.00. The monoisotopic (exact) mass is 396 g/mol. The van der Waals surface area contributed by atoms with Gasteiger partial charge in [0.05, 0.1) is 6.10 Å². The van der Waals surface area contributed by atoms with E-state index in [9.17, 15) is 9.59 Å². The zero-order valence-electron chi connectivity index (χ0n) is 16.4. The number of nitrogens with one attached hydrogen (secondary N) is 2. The highest BCUT2D eigenvalue weighted by Crippen LogP contribution is 2.50. The molecule has 1 heterocycles. The fraction of sp³-hybridized carbons (Fsp3) is 0.429. The highest BCUT2D eigenvalue weighted by molar-refractivity contribution is 6.02. The molecule has 3 fully saturated rings. The van der Waals surface area contributed by atoms with E-state index in [1.54, 1.807) is 43.8 Å². The lowest BCUT2D eigenvalue weighted by molar-refractivity contribution is -0.140. The van der Waals surface area contributed by atoms with Crippen molar-refractivity contribution < 1.29 is 19.1 Å². The molecule has 1 aromatic carbocycles. The zero-order chi connectivity index (χ0) is 20.4. The Kier molecular flexibility index (Phi) is 5.44. The normalized spacial score (nSPS) is 24.9. The summed E-state index contributed by atoms with van der Waals surface area (Å²) in [5.74, 6) is 1.11. The SMILES string of the molecule is COC1C[C@H](C(=O)NC(=O)Nc2ccc(Oc3ncccn3)c(C)c2)C2CC1C2. The van der Waals surface area contributed by atoms with Crippen LogP contribution < -0.4 is 15.4 Å². The van der Waals surface area contributed by atoms with Crippen molar-refractivity contribution in [2.75, 3.05) is 12.4 Å². The zero-order valence-corrected chi connectivity index (χ0v) is 16.4. The van der Waals surface area contributed by atoms with Gasteiger partial charge in [-0.25, -0.2) is 14.8 Å². The van der Waals surface area contributed by atoms with Crippen LogP contribution in [0.2, 0.25) is 0 Å². The lowest BCUT2D eigenvalue weighted by Gasteiger charge is -2.49. The highest BCUT2D eigenvalue weighted by atomic mass is 16.5. The fourth-order valence-corrected chi connectivity index (χ4v) is 4.23. The number of aromatic nitrogens is 2. The van der Waals surface area contributed by atoms with Gasteiger partial charge in [-0.05, 0) is 67.9 Å². The van der Waals surface area contributed by atoms with Gasteiger partial charge in [0.1, 0.15) is 5.75 Å². The maximum absolute atomic E-state index is 12.6. The Morgan fingerprint density at radius 1 is 1.10 bits per heavy atom. The molecule has 2 N–H and O–H groups in total. The molecule has 29 heavy (non-hydrogen) atoms. The first-order chi connectivity index (χ1) is 14.0. The molecular weight excluding hydrogens is 372 g/mol. The van der Waals surface area contributed by atoms with E-state index in [0.29, 0.717) is 29.7 Å². The maximum atomic E-state index is 12.6. The number of hydrogen-bond donors (Lipinski definition) is 2. The average Bonchev–Trinajstić information content (AvgIpc) is 2.69. The van der Waals surface area contributed by atoms with Gasteiger partial charge >= 0.3 is 12.0 Å². The van der Waals surface area contributed by atoms with Crippen LogP contribution in [-0.4, -0.2) is 35.1 Å². The molecule has 0 spiro atoms. The first-order valence-corrected chi connectivity index (χ1v) is 9.73. The first kappa shape index (κ1) is 19.3. The van der Waals surface area contributed by atoms with Crippen molar-refractivity contribution in [2.24, 2.45) is 17.8 Å². The van der Waals surface area contributed by atoms with Gasteiger partial charge in [-0.3, -0.25) is 10.1 Å². The van der Waals surface area contributed by atoms with E-state index in [1.807, 2.05) is 6.92 Å². The van der Waals surface area contributed by atoms with Gasteiger partial charge in [-0.1, -0.05) is 0 Å². The third-order valence-electron chi connectivity index (χ3n) is 5.84. The molecule has 2 bridgehead atoms. The van der Waals surface area contributed by atoms with Crippen LogP contribution in [0.1, 0.15) is 24.8 Å². The standard InChI is InChI=1S/C21H24N4O4/c1-12-8-15(4-5-17(12)29-21-22-6-3-7-23-21)24-20(27)25-19(26)16-11-18(28-2)14-9-13(16)10-14/h3-8,13-14,16,18H,9-11H2,1-2H3,(H2,24,25,26,27)/t13?,14?,16-,18?/m0/s1. The number of fused-ring (bicyclic) bond motifs is 2. The molecule has 5 rings (SSSR count). The van der Waals surface area contributed by atoms with E-state index < -0.39 is 6.03 Å². The van der Waals surface area contributed by atoms with Crippen molar-refractivity contribution in [1.82, 2.24) is 15.3 Å². The number of ether oxygens (including phenoxy) is 2. The molecule has 152 valence electrons. The molecule has 2 atom stereocenters. The molecule has 0 aliphatic heterocycles. The Balaban J connectivity index is 1.33. The van der Waals surface area contributed by atoms with Gasteiger partial charge < -0.3 is 14.8 Å². The molecule has 3 aliphatic carbocycles. The van der Waals surface area contributed by atoms with Gasteiger partial charge in [0.25, 0.3) is 0 Å². The number of aryl methyl sites for hydroxylation is 1. The molecule has 8 nitrogen and oxygen atoms in total. The molecule has 0 saturated heterocycles. The number of carbonyl (C=O) groups excluding carboxylic acids is 2. The van der Waals surface area contributed by atoms with Crippen LogP contribution >= 0.6 is 0 Å². The molecule has 8 heteroatoms. The molecular formula is C21H24N4O4. The van der Waals surface area contributed by atoms with Crippen LogP contribution in [0.5, 0.6) is 11.8 Å². The van der Waals surface area contributed by atoms with Crippen molar-refractivity contribution in [3.05, 3.63) is 42.2 Å². The van der Waals surface area contributed by atoms with Crippen LogP contribution in [0.4, 0.5) is 10.5 Å². The molecule has 1 aromatic heterocycles. The summed E-state index contributed by atoms with van der Waals surface area (Å²) in [4.78, 5) is 32.9. The molecule has 3 amide bonds. The van der Waals surface area contributed by atoms with Crippen molar-refractivity contribution >= 4 is 17.6 Å². The van der Waals surface area contributed by atoms with Crippen LogP contribution in [0, 0.1) is 24.7 Å². The molecule has 3 saturated carbocycles. The van der Waals surface area contributed by atoms with Crippen LogP contribution in [0.25, 0.3) is 0 Å². The van der Waals surface area contributed by atoms with Crippen molar-refractivity contribution in [3.8, 4) is 11.8 Å². The second-order valence-corrected chi connectivity index (χ2v) is 7.66. The van der Waals surface area contributed by atoms with E-state index in [0.717, 1.165) is 18.4 Å². The van der Waals surface area contributed by atoms with Gasteiger partial charge in [-0.2, -0.15) is 0 Å². The summed E-state index contributed by atoms with van der Waals surface area (Å²) < 4.78 is 11.1. The van der Waals surface area contributed by atoms with E-state index >= 15 is 0 Å². The summed E-state index contributed by atoms with van der Waals surface area (Å²) in [6.07, 6.45) is 5.99. The highest BCUT2D eigenvalue weighted by Gasteiger charge is 2.48. The van der Waals surface area contributed by atoms with E-state index in [4.69, 9.17) is 9.47 Å². The minimum absolute atomic E-state index is 0.114. The second kappa shape index (κ2) is 8.16. The average molecular weight is 396 g/mol. The van der Waals surface area contributed by atoms with Crippen molar-refractivity contribution in [1.29, 1.82) is 0 Å². The van der Waals surface area contributed by atoms with E-state index in [-0.39, 0.29) is 23.9 Å². The largest absolute Gasteiger partial charge is 0.424 e. The Morgan fingerprint density at radius 2 is 1.86 bits per heavy atom. The smallest absolute Gasteiger partial charge is 0.325 e. The third-order valence-corrected chi connectivity index (χ3v) is 5.84. The number of amides is 3. The third kappa shape index (κ3) is 4.22. The predicted molar refractivity (Wildman–Crippen MR) is 106 cm³/mol. The summed E-state index contributed by atoms with van der Waals surface area (Å²) in [6.45, 7) is 1.85. The van der Waals surface area contributed by atoms with Crippen LogP contribution in [-0.2, 0) is 9.53 Å². The van der Waals surface area contributed by atoms with E-state index in [2.05, 4.69) is 20.6 Å². The number of nitrogens with zero attached hydrogens (tertiary/aromatic N) is 2. The van der Waals surface area contributed by atoms with Crippen LogP contribution in [0.15, 0.2) is 36.7 Å². The summed E-state index contributed by atoms with van der Waals surface area (Å²) in [7, 11) is 1.69. The van der Waals surface area contributed by atoms with Gasteiger partial charge in [-0.15, -0.1) is 0 Å². The number of anilines is 1. The summed E-state index contributed by atoms with van der Waals surface area (Å²) in [5.41, 5.74) is 1.37. The number of urea groups is 1. The Bertz CT molecular complexity index is 899. The molecule has 0 radical (unpaired) electrons. The number of carbonyl (C=O) groups is 2. The molecule has 1 unspecified atom stereocenters. The first-order valence-electron chi connectivity index (χ1n) is 9.73. The minimum Gasteiger partial charge on any atom is -0.424 e. The minimum atomic E-state index is -0.537. The number of rotatable bonds is 5.